The zero-order valence-corrected chi connectivity index (χ0v) is 10.2. The molecule has 0 aliphatic carbocycles. The number of ether oxygens (including phenoxy) is 1. The summed E-state index contributed by atoms with van der Waals surface area (Å²) < 4.78 is 5.29. The standard InChI is InChI=1S/C13H13ClN2O/c1-17-12-5-3-2-4-10(12)13-11(14)6-9(7-15)8-16-13/h2-6,8H,7,15H2,1H3. The van der Waals surface area contributed by atoms with E-state index in [0.717, 1.165) is 16.9 Å². The third-order valence-corrected chi connectivity index (χ3v) is 2.78. The molecule has 3 nitrogen and oxygen atoms in total. The number of methoxy groups -OCH3 is 1. The van der Waals surface area contributed by atoms with Crippen LogP contribution in [0.15, 0.2) is 36.5 Å². The second-order valence-electron chi connectivity index (χ2n) is 3.58. The van der Waals surface area contributed by atoms with Crippen LogP contribution < -0.4 is 10.5 Å². The van der Waals surface area contributed by atoms with Crippen LogP contribution in [0.3, 0.4) is 0 Å². The number of nitrogens with zero attached hydrogens (tertiary/aromatic N) is 1. The lowest BCUT2D eigenvalue weighted by atomic mass is 10.1. The van der Waals surface area contributed by atoms with E-state index < -0.39 is 0 Å². The number of nitrogens with two attached hydrogens (primary N) is 1. The van der Waals surface area contributed by atoms with Crippen molar-refractivity contribution in [3.05, 3.63) is 47.1 Å². The monoisotopic (exact) mass is 248 g/mol. The Morgan fingerprint density at radius 2 is 2.12 bits per heavy atom. The van der Waals surface area contributed by atoms with E-state index in [4.69, 9.17) is 22.1 Å². The molecule has 0 atom stereocenters. The number of pyridine rings is 1. The summed E-state index contributed by atoms with van der Waals surface area (Å²) in [5, 5.41) is 0.581. The topological polar surface area (TPSA) is 48.1 Å². The van der Waals surface area contributed by atoms with E-state index in [9.17, 15) is 0 Å². The van der Waals surface area contributed by atoms with Gasteiger partial charge in [-0.2, -0.15) is 0 Å². The highest BCUT2D eigenvalue weighted by molar-refractivity contribution is 6.33. The Bertz CT molecular complexity index is 529. The van der Waals surface area contributed by atoms with Crippen LogP contribution in [-0.4, -0.2) is 12.1 Å². The van der Waals surface area contributed by atoms with Gasteiger partial charge in [-0.25, -0.2) is 0 Å². The first-order valence-corrected chi connectivity index (χ1v) is 5.62. The van der Waals surface area contributed by atoms with Crippen molar-refractivity contribution in [1.82, 2.24) is 4.98 Å². The van der Waals surface area contributed by atoms with Crippen LogP contribution in [-0.2, 0) is 6.54 Å². The number of aromatic nitrogens is 1. The fourth-order valence-electron chi connectivity index (χ4n) is 1.63. The molecule has 2 aromatic rings. The van der Waals surface area contributed by atoms with E-state index >= 15 is 0 Å². The fraction of sp³-hybridized carbons (Fsp3) is 0.154. The minimum absolute atomic E-state index is 0.429. The summed E-state index contributed by atoms with van der Waals surface area (Å²) in [4.78, 5) is 4.34. The van der Waals surface area contributed by atoms with E-state index in [1.165, 1.54) is 0 Å². The highest BCUT2D eigenvalue weighted by Gasteiger charge is 2.10. The van der Waals surface area contributed by atoms with Crippen molar-refractivity contribution >= 4 is 11.6 Å². The summed E-state index contributed by atoms with van der Waals surface area (Å²) in [6, 6.07) is 9.47. The Balaban J connectivity index is 2.53. The molecule has 2 N–H and O–H groups in total. The van der Waals surface area contributed by atoms with E-state index in [2.05, 4.69) is 4.98 Å². The second-order valence-corrected chi connectivity index (χ2v) is 3.99. The van der Waals surface area contributed by atoms with Crippen molar-refractivity contribution in [2.24, 2.45) is 5.73 Å². The van der Waals surface area contributed by atoms with Crippen molar-refractivity contribution in [2.45, 2.75) is 6.54 Å². The van der Waals surface area contributed by atoms with Crippen molar-refractivity contribution in [3.8, 4) is 17.0 Å². The molecular weight excluding hydrogens is 236 g/mol. The molecule has 1 aromatic carbocycles. The SMILES string of the molecule is COc1ccccc1-c1ncc(CN)cc1Cl. The van der Waals surface area contributed by atoms with Gasteiger partial charge in [-0.3, -0.25) is 4.98 Å². The van der Waals surface area contributed by atoms with Gasteiger partial charge in [0.2, 0.25) is 0 Å². The van der Waals surface area contributed by atoms with Crippen molar-refractivity contribution in [2.75, 3.05) is 7.11 Å². The lowest BCUT2D eigenvalue weighted by Crippen LogP contribution is -1.98. The lowest BCUT2D eigenvalue weighted by molar-refractivity contribution is 0.416. The van der Waals surface area contributed by atoms with Gasteiger partial charge in [0.1, 0.15) is 5.75 Å². The maximum absolute atomic E-state index is 6.20. The first kappa shape index (κ1) is 11.9. The van der Waals surface area contributed by atoms with Crippen LogP contribution in [0.4, 0.5) is 0 Å². The van der Waals surface area contributed by atoms with Gasteiger partial charge in [-0.15, -0.1) is 0 Å². The number of para-hydroxylation sites is 1. The number of rotatable bonds is 3. The zero-order chi connectivity index (χ0) is 12.3. The van der Waals surface area contributed by atoms with Crippen LogP contribution in [0.1, 0.15) is 5.56 Å². The van der Waals surface area contributed by atoms with Crippen LogP contribution >= 0.6 is 11.6 Å². The summed E-state index contributed by atoms with van der Waals surface area (Å²) >= 11 is 6.20. The van der Waals surface area contributed by atoms with Crippen LogP contribution in [0.25, 0.3) is 11.3 Å². The van der Waals surface area contributed by atoms with Gasteiger partial charge in [0.05, 0.1) is 17.8 Å². The Labute approximate surface area is 105 Å². The summed E-state index contributed by atoms with van der Waals surface area (Å²) in [5.74, 6) is 0.752. The van der Waals surface area contributed by atoms with Gasteiger partial charge < -0.3 is 10.5 Å². The molecule has 0 unspecified atom stereocenters. The predicted octanol–water partition coefficient (Wildman–Crippen LogP) is 2.87. The Morgan fingerprint density at radius 3 is 2.76 bits per heavy atom. The largest absolute Gasteiger partial charge is 0.496 e. The molecule has 0 aliphatic rings. The molecule has 2 rings (SSSR count). The molecule has 1 aromatic heterocycles. The summed E-state index contributed by atoms with van der Waals surface area (Å²) in [6.45, 7) is 0.429. The van der Waals surface area contributed by atoms with Gasteiger partial charge in [0.25, 0.3) is 0 Å². The molecule has 1 heterocycles. The van der Waals surface area contributed by atoms with Crippen molar-refractivity contribution in [3.63, 3.8) is 0 Å². The highest BCUT2D eigenvalue weighted by atomic mass is 35.5. The van der Waals surface area contributed by atoms with Crippen LogP contribution in [0.2, 0.25) is 5.02 Å². The molecule has 0 saturated heterocycles. The lowest BCUT2D eigenvalue weighted by Gasteiger charge is -2.09. The third-order valence-electron chi connectivity index (χ3n) is 2.50. The summed E-state index contributed by atoms with van der Waals surface area (Å²) in [7, 11) is 1.63. The number of hydrogen-bond donors (Lipinski definition) is 1. The van der Waals surface area contributed by atoms with E-state index in [1.54, 1.807) is 13.3 Å². The molecule has 17 heavy (non-hydrogen) atoms. The molecule has 0 amide bonds. The molecule has 4 heteroatoms. The quantitative estimate of drug-likeness (QED) is 0.909. The Kier molecular flexibility index (Phi) is 3.61. The Hall–Kier alpha value is -1.58. The van der Waals surface area contributed by atoms with E-state index in [1.807, 2.05) is 30.3 Å². The summed E-state index contributed by atoms with van der Waals surface area (Å²) in [5.41, 5.74) is 8.04. The average Bonchev–Trinajstić information content (AvgIpc) is 2.38. The van der Waals surface area contributed by atoms with Gasteiger partial charge in [0, 0.05) is 18.3 Å². The first-order valence-electron chi connectivity index (χ1n) is 5.24. The zero-order valence-electron chi connectivity index (χ0n) is 9.48. The molecule has 0 spiro atoms. The summed E-state index contributed by atoms with van der Waals surface area (Å²) in [6.07, 6.45) is 1.73. The normalized spacial score (nSPS) is 10.3. The smallest absolute Gasteiger partial charge is 0.128 e. The fourth-order valence-corrected chi connectivity index (χ4v) is 1.92. The molecule has 0 radical (unpaired) electrons. The average molecular weight is 249 g/mol. The van der Waals surface area contributed by atoms with Gasteiger partial charge in [-0.05, 0) is 23.8 Å². The van der Waals surface area contributed by atoms with Gasteiger partial charge in [-0.1, -0.05) is 23.7 Å². The van der Waals surface area contributed by atoms with E-state index in [-0.39, 0.29) is 0 Å². The molecule has 0 bridgehead atoms. The molecule has 0 saturated carbocycles. The molecular formula is C13H13ClN2O. The van der Waals surface area contributed by atoms with Crippen LogP contribution in [0.5, 0.6) is 5.75 Å². The molecule has 0 aliphatic heterocycles. The van der Waals surface area contributed by atoms with Crippen molar-refractivity contribution < 1.29 is 4.74 Å². The van der Waals surface area contributed by atoms with Gasteiger partial charge in [0.15, 0.2) is 0 Å². The third kappa shape index (κ3) is 2.40. The molecule has 88 valence electrons. The maximum atomic E-state index is 6.20. The second kappa shape index (κ2) is 5.17. The predicted molar refractivity (Wildman–Crippen MR) is 69.1 cm³/mol. The Morgan fingerprint density at radius 1 is 1.35 bits per heavy atom. The number of benzene rings is 1. The van der Waals surface area contributed by atoms with Crippen molar-refractivity contribution in [1.29, 1.82) is 0 Å². The van der Waals surface area contributed by atoms with Crippen LogP contribution in [0, 0.1) is 0 Å². The minimum atomic E-state index is 0.429. The molecule has 0 fully saturated rings. The van der Waals surface area contributed by atoms with Gasteiger partial charge >= 0.3 is 0 Å². The van der Waals surface area contributed by atoms with E-state index in [0.29, 0.717) is 17.3 Å². The highest BCUT2D eigenvalue weighted by Crippen LogP contribution is 2.33. The number of hydrogen-bond acceptors (Lipinski definition) is 3. The maximum Gasteiger partial charge on any atom is 0.128 e. The number of halogens is 1. The minimum Gasteiger partial charge on any atom is -0.496 e. The first-order chi connectivity index (χ1) is 8.26.